The minimum absolute atomic E-state index is 0.222. The summed E-state index contributed by atoms with van der Waals surface area (Å²) in [6.45, 7) is 1.00. The van der Waals surface area contributed by atoms with Crippen LogP contribution in [0.3, 0.4) is 0 Å². The first kappa shape index (κ1) is 10.5. The van der Waals surface area contributed by atoms with Crippen LogP contribution in [0.25, 0.3) is 11.5 Å². The van der Waals surface area contributed by atoms with Crippen molar-refractivity contribution in [3.8, 4) is 11.5 Å². The summed E-state index contributed by atoms with van der Waals surface area (Å²) in [4.78, 5) is 0. The third kappa shape index (κ3) is 1.74. The van der Waals surface area contributed by atoms with Gasteiger partial charge in [-0.05, 0) is 12.5 Å². The maximum Gasteiger partial charge on any atom is 0.184 e. The van der Waals surface area contributed by atoms with Crippen LogP contribution in [0.4, 0.5) is 0 Å². The monoisotopic (exact) mass is 233 g/mol. The molecule has 0 aromatic carbocycles. The van der Waals surface area contributed by atoms with E-state index in [2.05, 4.69) is 19.9 Å². The van der Waals surface area contributed by atoms with Gasteiger partial charge in [0.2, 0.25) is 0 Å². The number of aromatic nitrogens is 5. The molecule has 0 radical (unpaired) electrons. The van der Waals surface area contributed by atoms with Crippen LogP contribution in [0.5, 0.6) is 0 Å². The number of rotatable bonds is 2. The topological polar surface area (TPSA) is 68.8 Å². The lowest BCUT2D eigenvalue weighted by atomic mass is 10.0. The lowest BCUT2D eigenvalue weighted by molar-refractivity contribution is 0.191. The first-order chi connectivity index (χ1) is 8.28. The van der Waals surface area contributed by atoms with E-state index >= 15 is 0 Å². The zero-order valence-electron chi connectivity index (χ0n) is 9.74. The predicted molar refractivity (Wildman–Crippen MR) is 61.1 cm³/mol. The van der Waals surface area contributed by atoms with Crippen molar-refractivity contribution < 1.29 is 5.11 Å². The Morgan fingerprint density at radius 2 is 2.35 bits per heavy atom. The van der Waals surface area contributed by atoms with E-state index in [9.17, 15) is 5.11 Å². The third-order valence-electron chi connectivity index (χ3n) is 3.25. The average Bonchev–Trinajstić information content (AvgIpc) is 2.93. The molecule has 3 rings (SSSR count). The highest BCUT2D eigenvalue weighted by atomic mass is 16.3. The largest absolute Gasteiger partial charge is 0.396 e. The second-order valence-electron chi connectivity index (χ2n) is 4.51. The van der Waals surface area contributed by atoms with Gasteiger partial charge in [-0.15, -0.1) is 10.2 Å². The van der Waals surface area contributed by atoms with E-state index in [0.717, 1.165) is 36.7 Å². The molecule has 1 aliphatic heterocycles. The van der Waals surface area contributed by atoms with E-state index in [-0.39, 0.29) is 6.61 Å². The maximum atomic E-state index is 9.25. The third-order valence-corrected chi connectivity index (χ3v) is 3.25. The van der Waals surface area contributed by atoms with Gasteiger partial charge in [-0.1, -0.05) is 0 Å². The fourth-order valence-electron chi connectivity index (χ4n) is 2.27. The highest BCUT2D eigenvalue weighted by molar-refractivity contribution is 5.48. The van der Waals surface area contributed by atoms with Gasteiger partial charge in [0.25, 0.3) is 0 Å². The summed E-state index contributed by atoms with van der Waals surface area (Å²) in [6.07, 6.45) is 3.76. The number of hydrogen-bond donors (Lipinski definition) is 1. The van der Waals surface area contributed by atoms with Crippen LogP contribution in [0, 0.1) is 5.92 Å². The van der Waals surface area contributed by atoms with Crippen molar-refractivity contribution in [3.63, 3.8) is 0 Å². The molecule has 0 bridgehead atoms. The Bertz CT molecular complexity index is 530. The number of nitrogens with zero attached hydrogens (tertiary/aromatic N) is 5. The van der Waals surface area contributed by atoms with Gasteiger partial charge in [0.1, 0.15) is 11.5 Å². The van der Waals surface area contributed by atoms with Crippen LogP contribution in [-0.2, 0) is 20.0 Å². The Labute approximate surface area is 98.9 Å². The van der Waals surface area contributed by atoms with E-state index in [1.807, 2.05) is 19.3 Å². The standard InChI is InChI=1S/C11H15N5O/c1-15-5-4-9(14-15)11-13-12-10-3-2-8(7-17)6-16(10)11/h4-5,8,17H,2-3,6-7H2,1H3. The number of fused-ring (bicyclic) bond motifs is 1. The molecule has 90 valence electrons. The molecule has 0 spiro atoms. The van der Waals surface area contributed by atoms with Crippen molar-refractivity contribution in [2.75, 3.05) is 6.61 Å². The van der Waals surface area contributed by atoms with E-state index in [1.165, 1.54) is 0 Å². The van der Waals surface area contributed by atoms with E-state index in [0.29, 0.717) is 5.92 Å². The van der Waals surface area contributed by atoms with Gasteiger partial charge in [0.05, 0.1) is 0 Å². The van der Waals surface area contributed by atoms with E-state index in [1.54, 1.807) is 4.68 Å². The molecule has 1 unspecified atom stereocenters. The smallest absolute Gasteiger partial charge is 0.184 e. The molecule has 1 N–H and O–H groups in total. The molecule has 0 fully saturated rings. The average molecular weight is 233 g/mol. The van der Waals surface area contributed by atoms with Crippen molar-refractivity contribution in [2.45, 2.75) is 19.4 Å². The molecule has 1 aliphatic rings. The van der Waals surface area contributed by atoms with Crippen molar-refractivity contribution in [2.24, 2.45) is 13.0 Å². The van der Waals surface area contributed by atoms with Crippen LogP contribution in [0.2, 0.25) is 0 Å². The summed E-state index contributed by atoms with van der Waals surface area (Å²) < 4.78 is 3.83. The second kappa shape index (κ2) is 3.96. The highest BCUT2D eigenvalue weighted by Crippen LogP contribution is 2.24. The molecule has 2 aromatic rings. The Morgan fingerprint density at radius 3 is 3.06 bits per heavy atom. The summed E-state index contributed by atoms with van der Waals surface area (Å²) >= 11 is 0. The van der Waals surface area contributed by atoms with Gasteiger partial charge in [-0.3, -0.25) is 4.68 Å². The first-order valence-corrected chi connectivity index (χ1v) is 5.81. The van der Waals surface area contributed by atoms with Gasteiger partial charge in [-0.25, -0.2) is 0 Å². The van der Waals surface area contributed by atoms with Gasteiger partial charge >= 0.3 is 0 Å². The van der Waals surface area contributed by atoms with Crippen LogP contribution in [0.1, 0.15) is 12.2 Å². The SMILES string of the molecule is Cn1ccc(-c2nnc3n2CC(CO)CC3)n1. The van der Waals surface area contributed by atoms with Gasteiger partial charge in [0, 0.05) is 38.7 Å². The van der Waals surface area contributed by atoms with Crippen molar-refractivity contribution in [1.82, 2.24) is 24.5 Å². The van der Waals surface area contributed by atoms with E-state index in [4.69, 9.17) is 0 Å². The Hall–Kier alpha value is -1.69. The van der Waals surface area contributed by atoms with Crippen LogP contribution < -0.4 is 0 Å². The number of hydrogen-bond acceptors (Lipinski definition) is 4. The minimum atomic E-state index is 0.222. The normalized spacial score (nSPS) is 19.3. The minimum Gasteiger partial charge on any atom is -0.396 e. The highest BCUT2D eigenvalue weighted by Gasteiger charge is 2.23. The van der Waals surface area contributed by atoms with E-state index < -0.39 is 0 Å². The van der Waals surface area contributed by atoms with Crippen molar-refractivity contribution in [1.29, 1.82) is 0 Å². The number of aliphatic hydroxyl groups excluding tert-OH is 1. The Morgan fingerprint density at radius 1 is 1.47 bits per heavy atom. The molecule has 3 heterocycles. The molecule has 0 saturated heterocycles. The van der Waals surface area contributed by atoms with Crippen LogP contribution >= 0.6 is 0 Å². The fourth-order valence-corrected chi connectivity index (χ4v) is 2.27. The summed E-state index contributed by atoms with van der Waals surface area (Å²) in [6, 6.07) is 1.93. The molecular weight excluding hydrogens is 218 g/mol. The van der Waals surface area contributed by atoms with Gasteiger partial charge in [0.15, 0.2) is 5.82 Å². The maximum absolute atomic E-state index is 9.25. The number of aryl methyl sites for hydroxylation is 2. The van der Waals surface area contributed by atoms with Crippen molar-refractivity contribution >= 4 is 0 Å². The van der Waals surface area contributed by atoms with Gasteiger partial charge in [-0.2, -0.15) is 5.10 Å². The van der Waals surface area contributed by atoms with Crippen molar-refractivity contribution in [3.05, 3.63) is 18.1 Å². The summed E-state index contributed by atoms with van der Waals surface area (Å²) in [5.74, 6) is 2.11. The molecule has 1 atom stereocenters. The summed E-state index contributed by atoms with van der Waals surface area (Å²) in [5, 5.41) is 22.0. The number of aliphatic hydroxyl groups is 1. The molecule has 6 nitrogen and oxygen atoms in total. The predicted octanol–water partition coefficient (Wildman–Crippen LogP) is 0.233. The lowest BCUT2D eigenvalue weighted by Gasteiger charge is -2.22. The zero-order chi connectivity index (χ0) is 11.8. The lowest BCUT2D eigenvalue weighted by Crippen LogP contribution is -2.23. The molecule has 6 heteroatoms. The Kier molecular flexibility index (Phi) is 2.44. The molecule has 2 aromatic heterocycles. The molecule has 17 heavy (non-hydrogen) atoms. The Balaban J connectivity index is 2.00. The fraction of sp³-hybridized carbons (Fsp3) is 0.545. The second-order valence-corrected chi connectivity index (χ2v) is 4.51. The molecular formula is C11H15N5O. The molecule has 0 aliphatic carbocycles. The zero-order valence-corrected chi connectivity index (χ0v) is 9.74. The first-order valence-electron chi connectivity index (χ1n) is 5.81. The summed E-state index contributed by atoms with van der Waals surface area (Å²) in [5.41, 5.74) is 0.838. The quantitative estimate of drug-likeness (QED) is 0.806. The summed E-state index contributed by atoms with van der Waals surface area (Å²) in [7, 11) is 1.88. The van der Waals surface area contributed by atoms with Crippen LogP contribution in [-0.4, -0.2) is 36.3 Å². The van der Waals surface area contributed by atoms with Gasteiger partial charge < -0.3 is 9.67 Å². The molecule has 0 amide bonds. The van der Waals surface area contributed by atoms with Crippen LogP contribution in [0.15, 0.2) is 12.3 Å². The molecule has 0 saturated carbocycles.